The first kappa shape index (κ1) is 21.4. The number of benzene rings is 3. The van der Waals surface area contributed by atoms with Crippen LogP contribution in [0, 0.1) is 6.92 Å². The molecule has 4 aromatic rings. The van der Waals surface area contributed by atoms with Crippen LogP contribution in [0.3, 0.4) is 0 Å². The molecular formula is C23H22N4O4S. The van der Waals surface area contributed by atoms with Gasteiger partial charge in [-0.05, 0) is 48.9 Å². The molecule has 0 saturated carbocycles. The van der Waals surface area contributed by atoms with Gasteiger partial charge in [-0.1, -0.05) is 24.3 Å². The topological polar surface area (TPSA) is 102 Å². The molecule has 0 aliphatic carbocycles. The van der Waals surface area contributed by atoms with E-state index in [1.54, 1.807) is 49.6 Å². The number of ether oxygens (including phenoxy) is 2. The van der Waals surface area contributed by atoms with Crippen LogP contribution in [0.4, 0.5) is 17.3 Å². The summed E-state index contributed by atoms with van der Waals surface area (Å²) in [7, 11) is -0.790. The zero-order valence-corrected chi connectivity index (χ0v) is 18.6. The van der Waals surface area contributed by atoms with E-state index in [0.717, 1.165) is 5.56 Å². The largest absolute Gasteiger partial charge is 0.497 e. The molecule has 4 rings (SSSR count). The predicted molar refractivity (Wildman–Crippen MR) is 124 cm³/mol. The van der Waals surface area contributed by atoms with E-state index >= 15 is 0 Å². The van der Waals surface area contributed by atoms with Crippen LogP contribution in [0.25, 0.3) is 11.0 Å². The smallest absolute Gasteiger partial charge is 0.263 e. The summed E-state index contributed by atoms with van der Waals surface area (Å²) < 4.78 is 39.4. The molecule has 1 heterocycles. The van der Waals surface area contributed by atoms with Crippen molar-refractivity contribution in [1.29, 1.82) is 0 Å². The minimum Gasteiger partial charge on any atom is -0.497 e. The molecule has 2 N–H and O–H groups in total. The zero-order chi connectivity index (χ0) is 22.7. The second-order valence-corrected chi connectivity index (χ2v) is 8.71. The number of para-hydroxylation sites is 2. The zero-order valence-electron chi connectivity index (χ0n) is 17.8. The second kappa shape index (κ2) is 8.72. The van der Waals surface area contributed by atoms with E-state index in [0.29, 0.717) is 28.2 Å². The number of hydrogen-bond donors (Lipinski definition) is 2. The standard InChI is InChI=1S/C23H22N4O4S/c1-15-7-6-8-17(13-15)32(28,29)27-23-22(24-18-9-4-5-10-19(18)25-23)26-20-12-11-16(30-2)14-21(20)31-3/h4-14H,1-3H3,(H,24,26)(H,25,27). The van der Waals surface area contributed by atoms with E-state index in [9.17, 15) is 8.42 Å². The number of aromatic nitrogens is 2. The van der Waals surface area contributed by atoms with Gasteiger partial charge >= 0.3 is 0 Å². The SMILES string of the molecule is COc1ccc(Nc2nc3ccccc3nc2NS(=O)(=O)c2cccc(C)c2)c(OC)c1. The summed E-state index contributed by atoms with van der Waals surface area (Å²) >= 11 is 0. The van der Waals surface area contributed by atoms with Crippen molar-refractivity contribution in [2.75, 3.05) is 24.3 Å². The van der Waals surface area contributed by atoms with Crippen LogP contribution in [0.15, 0.2) is 71.6 Å². The maximum Gasteiger partial charge on any atom is 0.263 e. The number of rotatable bonds is 7. The van der Waals surface area contributed by atoms with Crippen LogP contribution >= 0.6 is 0 Å². The van der Waals surface area contributed by atoms with Gasteiger partial charge < -0.3 is 14.8 Å². The molecule has 0 radical (unpaired) electrons. The third kappa shape index (κ3) is 4.42. The maximum atomic E-state index is 13.1. The normalized spacial score (nSPS) is 11.2. The van der Waals surface area contributed by atoms with Crippen LogP contribution in [-0.4, -0.2) is 32.6 Å². The molecule has 0 amide bonds. The maximum absolute atomic E-state index is 13.1. The van der Waals surface area contributed by atoms with Crippen LogP contribution in [0.5, 0.6) is 11.5 Å². The highest BCUT2D eigenvalue weighted by molar-refractivity contribution is 7.92. The quantitative estimate of drug-likeness (QED) is 0.427. The highest BCUT2D eigenvalue weighted by atomic mass is 32.2. The van der Waals surface area contributed by atoms with E-state index in [1.165, 1.54) is 13.2 Å². The van der Waals surface area contributed by atoms with Crippen molar-refractivity contribution in [3.8, 4) is 11.5 Å². The Bertz CT molecular complexity index is 1390. The summed E-state index contributed by atoms with van der Waals surface area (Å²) in [5.41, 5.74) is 2.58. The van der Waals surface area contributed by atoms with Gasteiger partial charge in [-0.3, -0.25) is 4.72 Å². The number of hydrogen-bond acceptors (Lipinski definition) is 7. The lowest BCUT2D eigenvalue weighted by Gasteiger charge is -2.16. The Hall–Kier alpha value is -3.85. The molecule has 32 heavy (non-hydrogen) atoms. The number of nitrogens with one attached hydrogen (secondary N) is 2. The van der Waals surface area contributed by atoms with Gasteiger partial charge in [-0.25, -0.2) is 18.4 Å². The third-order valence-corrected chi connectivity index (χ3v) is 6.10. The van der Waals surface area contributed by atoms with Crippen molar-refractivity contribution in [2.24, 2.45) is 0 Å². The molecule has 0 bridgehead atoms. The second-order valence-electron chi connectivity index (χ2n) is 7.02. The van der Waals surface area contributed by atoms with E-state index < -0.39 is 10.0 Å². The van der Waals surface area contributed by atoms with Gasteiger partial charge in [0.2, 0.25) is 0 Å². The summed E-state index contributed by atoms with van der Waals surface area (Å²) in [6, 6.07) is 19.1. The minimum atomic E-state index is -3.89. The highest BCUT2D eigenvalue weighted by Gasteiger charge is 2.20. The lowest BCUT2D eigenvalue weighted by atomic mass is 10.2. The molecule has 164 valence electrons. The molecule has 3 aromatic carbocycles. The number of fused-ring (bicyclic) bond motifs is 1. The fraction of sp³-hybridized carbons (Fsp3) is 0.130. The molecule has 0 unspecified atom stereocenters. The summed E-state index contributed by atoms with van der Waals surface area (Å²) in [5.74, 6) is 1.44. The Balaban J connectivity index is 1.79. The molecule has 8 nitrogen and oxygen atoms in total. The number of nitrogens with zero attached hydrogens (tertiary/aromatic N) is 2. The van der Waals surface area contributed by atoms with Crippen molar-refractivity contribution in [1.82, 2.24) is 9.97 Å². The fourth-order valence-electron chi connectivity index (χ4n) is 3.16. The Morgan fingerprint density at radius 1 is 0.812 bits per heavy atom. The predicted octanol–water partition coefficient (Wildman–Crippen LogP) is 4.50. The summed E-state index contributed by atoms with van der Waals surface area (Å²) in [6.45, 7) is 1.83. The summed E-state index contributed by atoms with van der Waals surface area (Å²) in [5, 5.41) is 3.14. The molecule has 0 saturated heterocycles. The molecule has 1 aromatic heterocycles. The van der Waals surface area contributed by atoms with Crippen molar-refractivity contribution in [2.45, 2.75) is 11.8 Å². The summed E-state index contributed by atoms with van der Waals surface area (Å²) in [4.78, 5) is 9.25. The fourth-order valence-corrected chi connectivity index (χ4v) is 4.27. The molecule has 0 fully saturated rings. The van der Waals surface area contributed by atoms with Crippen LogP contribution in [-0.2, 0) is 10.0 Å². The van der Waals surface area contributed by atoms with Crippen molar-refractivity contribution in [3.63, 3.8) is 0 Å². The average Bonchev–Trinajstić information content (AvgIpc) is 2.79. The van der Waals surface area contributed by atoms with Crippen molar-refractivity contribution < 1.29 is 17.9 Å². The van der Waals surface area contributed by atoms with Crippen LogP contribution in [0.2, 0.25) is 0 Å². The van der Waals surface area contributed by atoms with Crippen molar-refractivity contribution in [3.05, 3.63) is 72.3 Å². The monoisotopic (exact) mass is 450 g/mol. The van der Waals surface area contributed by atoms with E-state index in [4.69, 9.17) is 9.47 Å². The number of sulfonamides is 1. The first-order valence-electron chi connectivity index (χ1n) is 9.75. The van der Waals surface area contributed by atoms with Gasteiger partial charge in [0.25, 0.3) is 10.0 Å². The Morgan fingerprint density at radius 2 is 1.53 bits per heavy atom. The van der Waals surface area contributed by atoms with Gasteiger partial charge in [0.15, 0.2) is 11.6 Å². The first-order chi connectivity index (χ1) is 15.4. The number of aryl methyl sites for hydroxylation is 1. The lowest BCUT2D eigenvalue weighted by Crippen LogP contribution is -2.16. The van der Waals surface area contributed by atoms with Crippen LogP contribution in [0.1, 0.15) is 5.56 Å². The number of anilines is 3. The van der Waals surface area contributed by atoms with E-state index in [2.05, 4.69) is 20.0 Å². The van der Waals surface area contributed by atoms with E-state index in [-0.39, 0.29) is 16.5 Å². The Morgan fingerprint density at radius 3 is 2.19 bits per heavy atom. The van der Waals surface area contributed by atoms with Gasteiger partial charge in [-0.2, -0.15) is 0 Å². The van der Waals surface area contributed by atoms with Gasteiger partial charge in [0, 0.05) is 6.07 Å². The average molecular weight is 451 g/mol. The summed E-state index contributed by atoms with van der Waals surface area (Å²) in [6.07, 6.45) is 0. The van der Waals surface area contributed by atoms with Crippen LogP contribution < -0.4 is 19.5 Å². The van der Waals surface area contributed by atoms with Gasteiger partial charge in [0.1, 0.15) is 11.5 Å². The number of methoxy groups -OCH3 is 2. The van der Waals surface area contributed by atoms with E-state index in [1.807, 2.05) is 25.1 Å². The molecule has 0 atom stereocenters. The molecule has 0 aliphatic rings. The lowest BCUT2D eigenvalue weighted by molar-refractivity contribution is 0.395. The van der Waals surface area contributed by atoms with Gasteiger partial charge in [-0.15, -0.1) is 0 Å². The van der Waals surface area contributed by atoms with Crippen molar-refractivity contribution >= 4 is 38.4 Å². The van der Waals surface area contributed by atoms with Gasteiger partial charge in [0.05, 0.1) is 35.8 Å². The molecule has 0 aliphatic heterocycles. The first-order valence-corrected chi connectivity index (χ1v) is 11.2. The Kier molecular flexibility index (Phi) is 5.83. The Labute approximate surface area is 186 Å². The minimum absolute atomic E-state index is 0.0723. The molecule has 0 spiro atoms. The molecular weight excluding hydrogens is 428 g/mol. The highest BCUT2D eigenvalue weighted by Crippen LogP contribution is 2.34. The molecule has 9 heteroatoms. The third-order valence-electron chi connectivity index (χ3n) is 4.76.